The Kier molecular flexibility index (Phi) is 5.78. The number of halogens is 6. The quantitative estimate of drug-likeness (QED) is 0.289. The predicted molar refractivity (Wildman–Crippen MR) is 113 cm³/mol. The number of ether oxygens (including phenoxy) is 1. The van der Waals surface area contributed by atoms with Gasteiger partial charge in [-0.05, 0) is 60.0 Å². The maximum absolute atomic E-state index is 13.2. The highest BCUT2D eigenvalue weighted by atomic mass is 19.4. The lowest BCUT2D eigenvalue weighted by atomic mass is 9.96. The van der Waals surface area contributed by atoms with Crippen LogP contribution in [0.25, 0.3) is 22.0 Å². The van der Waals surface area contributed by atoms with Crippen LogP contribution in [0.2, 0.25) is 0 Å². The van der Waals surface area contributed by atoms with Crippen LogP contribution in [-0.2, 0) is 19.0 Å². The van der Waals surface area contributed by atoms with Crippen LogP contribution in [0, 0.1) is 6.92 Å². The Morgan fingerprint density at radius 1 is 0.788 bits per heavy atom. The molecule has 3 aromatic carbocycles. The zero-order valence-corrected chi connectivity index (χ0v) is 17.3. The molecule has 0 fully saturated rings. The Morgan fingerprint density at radius 3 is 2.09 bits per heavy atom. The van der Waals surface area contributed by atoms with E-state index in [1.807, 2.05) is 37.3 Å². The molecule has 0 atom stereocenters. The molecular formula is C25H17F6NO. The first-order valence-electron chi connectivity index (χ1n) is 9.89. The first-order chi connectivity index (χ1) is 15.5. The Bertz CT molecular complexity index is 1280. The number of rotatable bonds is 4. The molecule has 4 rings (SSSR count). The third-order valence-electron chi connectivity index (χ3n) is 5.20. The molecule has 0 saturated heterocycles. The van der Waals surface area contributed by atoms with Crippen molar-refractivity contribution in [3.63, 3.8) is 0 Å². The van der Waals surface area contributed by atoms with Crippen LogP contribution >= 0.6 is 0 Å². The summed E-state index contributed by atoms with van der Waals surface area (Å²) in [6, 6.07) is 15.8. The lowest BCUT2D eigenvalue weighted by molar-refractivity contribution is -0.143. The molecular weight excluding hydrogens is 444 g/mol. The number of benzene rings is 3. The van der Waals surface area contributed by atoms with Crippen LogP contribution in [-0.4, -0.2) is 4.98 Å². The fraction of sp³-hybridized carbons (Fsp3) is 0.160. The second kappa shape index (κ2) is 8.42. The van der Waals surface area contributed by atoms with Crippen molar-refractivity contribution in [1.29, 1.82) is 0 Å². The molecule has 1 aromatic heterocycles. The van der Waals surface area contributed by atoms with Crippen molar-refractivity contribution < 1.29 is 31.1 Å². The van der Waals surface area contributed by atoms with Gasteiger partial charge in [-0.1, -0.05) is 30.3 Å². The monoisotopic (exact) mass is 461 g/mol. The number of alkyl halides is 6. The van der Waals surface area contributed by atoms with Gasteiger partial charge in [0.1, 0.15) is 12.4 Å². The number of fused-ring (bicyclic) bond motifs is 1. The molecule has 0 radical (unpaired) electrons. The van der Waals surface area contributed by atoms with Gasteiger partial charge in [-0.25, -0.2) is 0 Å². The average molecular weight is 461 g/mol. The topological polar surface area (TPSA) is 22.1 Å². The van der Waals surface area contributed by atoms with E-state index in [1.165, 1.54) is 0 Å². The van der Waals surface area contributed by atoms with Gasteiger partial charge >= 0.3 is 12.4 Å². The van der Waals surface area contributed by atoms with Gasteiger partial charge in [-0.15, -0.1) is 0 Å². The molecule has 0 aliphatic carbocycles. The highest BCUT2D eigenvalue weighted by molar-refractivity contribution is 5.98. The molecule has 0 unspecified atom stereocenters. The van der Waals surface area contributed by atoms with E-state index in [9.17, 15) is 26.3 Å². The molecule has 1 heterocycles. The van der Waals surface area contributed by atoms with Crippen LogP contribution in [0.3, 0.4) is 0 Å². The molecule has 8 heteroatoms. The van der Waals surface area contributed by atoms with Crippen molar-refractivity contribution in [2.75, 3.05) is 0 Å². The van der Waals surface area contributed by atoms with Gasteiger partial charge in [-0.3, -0.25) is 4.98 Å². The Hall–Kier alpha value is -3.55. The van der Waals surface area contributed by atoms with E-state index in [4.69, 9.17) is 4.74 Å². The van der Waals surface area contributed by atoms with Crippen LogP contribution in [0.1, 0.15) is 22.3 Å². The zero-order valence-electron chi connectivity index (χ0n) is 17.3. The van der Waals surface area contributed by atoms with E-state index < -0.39 is 30.1 Å². The van der Waals surface area contributed by atoms with E-state index in [2.05, 4.69) is 4.98 Å². The minimum absolute atomic E-state index is 0.101. The lowest BCUT2D eigenvalue weighted by Gasteiger charge is -2.17. The summed E-state index contributed by atoms with van der Waals surface area (Å²) in [6.07, 6.45) is -8.21. The molecule has 0 saturated carbocycles. The van der Waals surface area contributed by atoms with Crippen LogP contribution in [0.4, 0.5) is 26.3 Å². The van der Waals surface area contributed by atoms with Gasteiger partial charge in [0.25, 0.3) is 0 Å². The van der Waals surface area contributed by atoms with Crippen molar-refractivity contribution in [1.82, 2.24) is 4.98 Å². The van der Waals surface area contributed by atoms with Gasteiger partial charge in [0, 0.05) is 17.1 Å². The highest BCUT2D eigenvalue weighted by Crippen LogP contribution is 2.40. The standard InChI is InChI=1S/C25H17F6NO/c1-15-5-2-3-6-19(15)23-20-7-4-10-32-21(20)8-9-22(23)33-14-16-11-17(24(26,27)28)13-18(12-16)25(29,30)31/h2-13H,14H2,1H3. The fourth-order valence-corrected chi connectivity index (χ4v) is 3.65. The van der Waals surface area contributed by atoms with Gasteiger partial charge < -0.3 is 4.74 Å². The maximum atomic E-state index is 13.2. The fourth-order valence-electron chi connectivity index (χ4n) is 3.65. The van der Waals surface area contributed by atoms with Gasteiger partial charge in [0.15, 0.2) is 0 Å². The van der Waals surface area contributed by atoms with Gasteiger partial charge in [-0.2, -0.15) is 26.3 Å². The summed E-state index contributed by atoms with van der Waals surface area (Å²) in [5, 5.41) is 0.754. The molecule has 0 amide bonds. The number of aromatic nitrogens is 1. The van der Waals surface area contributed by atoms with Crippen molar-refractivity contribution in [2.45, 2.75) is 25.9 Å². The highest BCUT2D eigenvalue weighted by Gasteiger charge is 2.37. The molecule has 0 N–H and O–H groups in total. The van der Waals surface area contributed by atoms with Crippen molar-refractivity contribution >= 4 is 10.9 Å². The number of aryl methyl sites for hydroxylation is 1. The third kappa shape index (κ3) is 4.79. The van der Waals surface area contributed by atoms with Gasteiger partial charge in [0.2, 0.25) is 0 Å². The summed E-state index contributed by atoms with van der Waals surface area (Å²) in [7, 11) is 0. The number of hydrogen-bond donors (Lipinski definition) is 0. The summed E-state index contributed by atoms with van der Waals surface area (Å²) < 4.78 is 84.9. The first kappa shape index (κ1) is 22.6. The Labute approximate surface area is 185 Å². The van der Waals surface area contributed by atoms with Crippen LogP contribution in [0.15, 0.2) is 72.9 Å². The average Bonchev–Trinajstić information content (AvgIpc) is 2.76. The zero-order chi connectivity index (χ0) is 23.8. The first-order valence-corrected chi connectivity index (χ1v) is 9.89. The Morgan fingerprint density at radius 2 is 1.45 bits per heavy atom. The maximum Gasteiger partial charge on any atom is 0.416 e. The SMILES string of the molecule is Cc1ccccc1-c1c(OCc2cc(C(F)(F)F)cc(C(F)(F)F)c2)ccc2ncccc12. The molecule has 170 valence electrons. The van der Waals surface area contributed by atoms with E-state index in [-0.39, 0.29) is 11.6 Å². The molecule has 0 aliphatic heterocycles. The number of hydrogen-bond acceptors (Lipinski definition) is 2. The summed E-state index contributed by atoms with van der Waals surface area (Å²) >= 11 is 0. The molecule has 2 nitrogen and oxygen atoms in total. The second-order valence-corrected chi connectivity index (χ2v) is 7.53. The van der Waals surface area contributed by atoms with E-state index >= 15 is 0 Å². The minimum Gasteiger partial charge on any atom is -0.488 e. The Balaban J connectivity index is 1.79. The summed E-state index contributed by atoms with van der Waals surface area (Å²) in [6.45, 7) is 1.42. The molecule has 0 aliphatic rings. The van der Waals surface area contributed by atoms with Gasteiger partial charge in [0.05, 0.1) is 16.6 Å². The van der Waals surface area contributed by atoms with E-state index in [1.54, 1.807) is 24.4 Å². The molecule has 0 spiro atoms. The smallest absolute Gasteiger partial charge is 0.416 e. The van der Waals surface area contributed by atoms with Crippen LogP contribution in [0.5, 0.6) is 5.75 Å². The summed E-state index contributed by atoms with van der Waals surface area (Å²) in [5.74, 6) is 0.329. The van der Waals surface area contributed by atoms with Crippen molar-refractivity contribution in [3.05, 3.63) is 95.2 Å². The molecule has 33 heavy (non-hydrogen) atoms. The summed E-state index contributed by atoms with van der Waals surface area (Å²) in [5.41, 5.74) is 0.112. The van der Waals surface area contributed by atoms with Crippen LogP contribution < -0.4 is 4.74 Å². The van der Waals surface area contributed by atoms with Crippen molar-refractivity contribution in [2.24, 2.45) is 0 Å². The largest absolute Gasteiger partial charge is 0.488 e. The molecule has 0 bridgehead atoms. The minimum atomic E-state index is -4.92. The van der Waals surface area contributed by atoms with E-state index in [0.717, 1.165) is 16.5 Å². The van der Waals surface area contributed by atoms with Crippen molar-refractivity contribution in [3.8, 4) is 16.9 Å². The second-order valence-electron chi connectivity index (χ2n) is 7.53. The molecule has 4 aromatic rings. The third-order valence-corrected chi connectivity index (χ3v) is 5.20. The normalized spacial score (nSPS) is 12.2. The lowest BCUT2D eigenvalue weighted by Crippen LogP contribution is -2.12. The number of pyridine rings is 1. The number of nitrogens with zero attached hydrogens (tertiary/aromatic N) is 1. The van der Waals surface area contributed by atoms with E-state index in [0.29, 0.717) is 29.0 Å². The summed E-state index contributed by atoms with van der Waals surface area (Å²) in [4.78, 5) is 4.33. The predicted octanol–water partition coefficient (Wildman–Crippen LogP) is 7.83.